The van der Waals surface area contributed by atoms with Crippen LogP contribution in [-0.4, -0.2) is 91.9 Å². The quantitative estimate of drug-likeness (QED) is 0.0513. The summed E-state index contributed by atoms with van der Waals surface area (Å²) in [6.45, 7) is 4.84. The number of pyridine rings is 2. The zero-order valence-corrected chi connectivity index (χ0v) is 38.5. The van der Waals surface area contributed by atoms with E-state index in [-0.39, 0.29) is 33.3 Å². The number of carbonyl (C=O) groups excluding carboxylic acids is 2. The third kappa shape index (κ3) is 10.5. The number of aryl methyl sites for hydroxylation is 2. The number of phenols is 1. The number of nitrogens with two attached hydrogens (primary N) is 1. The van der Waals surface area contributed by atoms with Gasteiger partial charge in [-0.2, -0.15) is 0 Å². The molecule has 0 radical (unpaired) electrons. The Bertz CT molecular complexity index is 3150. The van der Waals surface area contributed by atoms with Crippen LogP contribution in [0.5, 0.6) is 11.5 Å². The molecule has 1 saturated heterocycles. The SMILES string of the molecule is COc1cccc(Nc2c(C(N)=O)cnc3c(C)cc(S(=O)(=O)c4cccc(COC(=O)N5CCN(c6ccc(CCCCNC[C@H](O)c7ccc(O)c8[nH]c(=O)ccc78)cc6)CC5)c4)cc23)c1. The van der Waals surface area contributed by atoms with Crippen molar-refractivity contribution in [2.45, 2.75) is 48.7 Å². The van der Waals surface area contributed by atoms with E-state index in [1.54, 1.807) is 60.4 Å². The van der Waals surface area contributed by atoms with Gasteiger partial charge < -0.3 is 50.8 Å². The van der Waals surface area contributed by atoms with Crippen LogP contribution < -0.4 is 31.6 Å². The zero-order valence-electron chi connectivity index (χ0n) is 37.7. The molecule has 17 heteroatoms. The smallest absolute Gasteiger partial charge is 0.410 e. The molecule has 0 aliphatic carbocycles. The largest absolute Gasteiger partial charge is 0.506 e. The number of aliphatic hydroxyl groups excluding tert-OH is 1. The second kappa shape index (κ2) is 20.6. The number of aliphatic hydroxyl groups is 1. The number of carbonyl (C=O) groups is 2. The summed E-state index contributed by atoms with van der Waals surface area (Å²) < 4.78 is 39.4. The van der Waals surface area contributed by atoms with Crippen LogP contribution in [0.3, 0.4) is 0 Å². The number of nitrogens with zero attached hydrogens (tertiary/aromatic N) is 3. The number of methoxy groups -OCH3 is 1. The van der Waals surface area contributed by atoms with Crippen molar-refractivity contribution in [1.82, 2.24) is 20.2 Å². The number of rotatable bonds is 17. The van der Waals surface area contributed by atoms with E-state index < -0.39 is 27.9 Å². The molecule has 1 aliphatic rings. The molecule has 352 valence electrons. The summed E-state index contributed by atoms with van der Waals surface area (Å²) in [6.07, 6.45) is 2.86. The molecule has 5 aromatic carbocycles. The first-order valence-electron chi connectivity index (χ1n) is 22.3. The number of amides is 2. The molecule has 1 aliphatic heterocycles. The number of piperazine rings is 1. The van der Waals surface area contributed by atoms with Crippen molar-refractivity contribution >= 4 is 60.7 Å². The van der Waals surface area contributed by atoms with Gasteiger partial charge in [0.1, 0.15) is 18.1 Å². The lowest BCUT2D eigenvalue weighted by atomic mass is 10.0. The summed E-state index contributed by atoms with van der Waals surface area (Å²) >= 11 is 0. The van der Waals surface area contributed by atoms with Gasteiger partial charge in [-0.3, -0.25) is 14.6 Å². The molecular weight excluding hydrogens is 887 g/mol. The standard InChI is InChI=1S/C51H53N7O9S/c1-32-25-39(28-42-47(32)54-29-43(50(52)62)48(42)55-35-9-6-10-37(27-35)66-2)68(64,65)38-11-5-8-34(26-38)31-67-51(63)58-23-21-57(22-24-58)36-14-12-33(13-15-36)7-3-4-20-53-30-45(60)40-16-18-44(59)49-41(40)17-19-46(61)56-49/h5-6,8-19,25-29,45,53,59-60H,3-4,7,20-24,30-31H2,1-2H3,(H2,52,62)(H,54,55)(H,56,61)/t45-/m0/s1. The number of aromatic amines is 1. The number of H-pyrrole nitrogens is 1. The lowest BCUT2D eigenvalue weighted by Gasteiger charge is -2.35. The van der Waals surface area contributed by atoms with Gasteiger partial charge in [0.2, 0.25) is 15.4 Å². The number of aromatic hydroxyl groups is 1. The fourth-order valence-corrected chi connectivity index (χ4v) is 9.88. The number of phenolic OH excluding ortho intramolecular Hbond substituents is 1. The minimum atomic E-state index is -4.10. The summed E-state index contributed by atoms with van der Waals surface area (Å²) in [6, 6.07) is 31.0. The summed E-state index contributed by atoms with van der Waals surface area (Å²) in [7, 11) is -2.56. The Hall–Kier alpha value is -7.47. The molecule has 0 spiro atoms. The van der Waals surface area contributed by atoms with Crippen molar-refractivity contribution in [3.63, 3.8) is 0 Å². The number of sulfone groups is 1. The number of primary amides is 1. The maximum absolute atomic E-state index is 14.2. The maximum atomic E-state index is 14.2. The van der Waals surface area contributed by atoms with E-state index in [4.69, 9.17) is 15.2 Å². The Kier molecular flexibility index (Phi) is 14.2. The molecule has 2 amide bonds. The van der Waals surface area contributed by atoms with Gasteiger partial charge in [0, 0.05) is 73.2 Å². The number of ether oxygens (including phenoxy) is 2. The molecule has 7 N–H and O–H groups in total. The molecule has 68 heavy (non-hydrogen) atoms. The predicted octanol–water partition coefficient (Wildman–Crippen LogP) is 6.88. The molecule has 16 nitrogen and oxygen atoms in total. The van der Waals surface area contributed by atoms with Crippen molar-refractivity contribution in [3.05, 3.63) is 154 Å². The average molecular weight is 940 g/mol. The van der Waals surface area contributed by atoms with Crippen LogP contribution >= 0.6 is 0 Å². The highest BCUT2D eigenvalue weighted by molar-refractivity contribution is 7.91. The van der Waals surface area contributed by atoms with Crippen molar-refractivity contribution in [3.8, 4) is 11.5 Å². The monoisotopic (exact) mass is 939 g/mol. The molecule has 0 bridgehead atoms. The highest BCUT2D eigenvalue weighted by Gasteiger charge is 2.25. The van der Waals surface area contributed by atoms with Gasteiger partial charge in [-0.1, -0.05) is 36.4 Å². The van der Waals surface area contributed by atoms with Gasteiger partial charge in [-0.15, -0.1) is 0 Å². The topological polar surface area (TPSA) is 230 Å². The number of benzene rings is 5. The van der Waals surface area contributed by atoms with Crippen molar-refractivity contribution < 1.29 is 37.7 Å². The lowest BCUT2D eigenvalue weighted by molar-refractivity contribution is 0.0940. The summed E-state index contributed by atoms with van der Waals surface area (Å²) in [5.41, 5.74) is 11.2. The molecule has 1 fully saturated rings. The zero-order chi connectivity index (χ0) is 48.0. The van der Waals surface area contributed by atoms with Gasteiger partial charge in [-0.05, 0) is 116 Å². The number of unbranched alkanes of at least 4 members (excludes halogenated alkanes) is 1. The van der Waals surface area contributed by atoms with Crippen LogP contribution in [0, 0.1) is 6.92 Å². The molecule has 7 aromatic rings. The number of hydrogen-bond acceptors (Lipinski definition) is 13. The molecule has 0 saturated carbocycles. The van der Waals surface area contributed by atoms with Crippen LogP contribution in [0.1, 0.15) is 51.6 Å². The van der Waals surface area contributed by atoms with Crippen molar-refractivity contribution in [2.75, 3.05) is 56.6 Å². The van der Waals surface area contributed by atoms with Gasteiger partial charge >= 0.3 is 6.09 Å². The first-order valence-corrected chi connectivity index (χ1v) is 23.7. The first kappa shape index (κ1) is 47.0. The third-order valence-corrected chi connectivity index (χ3v) is 13.9. The Morgan fingerprint density at radius 1 is 0.882 bits per heavy atom. The molecule has 1 atom stereocenters. The maximum Gasteiger partial charge on any atom is 0.410 e. The molecule has 2 aromatic heterocycles. The number of anilines is 3. The summed E-state index contributed by atoms with van der Waals surface area (Å²) in [4.78, 5) is 48.4. The number of aromatic nitrogens is 2. The second-order valence-electron chi connectivity index (χ2n) is 16.7. The van der Waals surface area contributed by atoms with Crippen LogP contribution in [0.25, 0.3) is 21.8 Å². The molecular formula is C51H53N7O9S. The van der Waals surface area contributed by atoms with Gasteiger partial charge in [-0.25, -0.2) is 13.2 Å². The second-order valence-corrected chi connectivity index (χ2v) is 18.7. The summed E-state index contributed by atoms with van der Waals surface area (Å²) in [5, 5.41) is 28.5. The van der Waals surface area contributed by atoms with Crippen molar-refractivity contribution in [2.24, 2.45) is 5.73 Å². The predicted molar refractivity (Wildman–Crippen MR) is 261 cm³/mol. The van der Waals surface area contributed by atoms with E-state index in [2.05, 4.69) is 49.8 Å². The van der Waals surface area contributed by atoms with Crippen LogP contribution in [0.4, 0.5) is 21.9 Å². The van der Waals surface area contributed by atoms with E-state index in [0.717, 1.165) is 31.5 Å². The Labute approximate surface area is 393 Å². The van der Waals surface area contributed by atoms with Crippen molar-refractivity contribution in [1.29, 1.82) is 0 Å². The highest BCUT2D eigenvalue weighted by Crippen LogP contribution is 2.35. The van der Waals surface area contributed by atoms with Crippen LogP contribution in [-0.2, 0) is 27.6 Å². The fourth-order valence-electron chi connectivity index (χ4n) is 8.44. The van der Waals surface area contributed by atoms with Crippen LogP contribution in [0.2, 0.25) is 0 Å². The normalized spacial score (nSPS) is 13.4. The Balaban J connectivity index is 0.812. The lowest BCUT2D eigenvalue weighted by Crippen LogP contribution is -2.48. The fraction of sp³-hybridized carbons (Fsp3) is 0.255. The molecule has 0 unspecified atom stereocenters. The first-order chi connectivity index (χ1) is 32.8. The number of hydrogen-bond donors (Lipinski definition) is 6. The minimum absolute atomic E-state index is 0.0109. The third-order valence-electron chi connectivity index (χ3n) is 12.1. The summed E-state index contributed by atoms with van der Waals surface area (Å²) in [5.74, 6) is -0.198. The van der Waals surface area contributed by atoms with E-state index in [1.807, 2.05) is 0 Å². The molecule has 3 heterocycles. The Morgan fingerprint density at radius 2 is 1.66 bits per heavy atom. The van der Waals surface area contributed by atoms with Gasteiger partial charge in [0.25, 0.3) is 5.91 Å². The minimum Gasteiger partial charge on any atom is -0.506 e. The highest BCUT2D eigenvalue weighted by atomic mass is 32.2. The van der Waals surface area contributed by atoms with E-state index in [0.29, 0.717) is 88.3 Å². The molecule has 8 rings (SSSR count). The van der Waals surface area contributed by atoms with E-state index in [9.17, 15) is 33.0 Å². The van der Waals surface area contributed by atoms with Crippen LogP contribution in [0.15, 0.2) is 130 Å². The van der Waals surface area contributed by atoms with Gasteiger partial charge in [0.05, 0.1) is 45.3 Å². The van der Waals surface area contributed by atoms with E-state index in [1.165, 1.54) is 55.3 Å². The Morgan fingerprint density at radius 3 is 2.43 bits per heavy atom. The number of fused-ring (bicyclic) bond motifs is 2. The average Bonchev–Trinajstić information content (AvgIpc) is 3.35. The van der Waals surface area contributed by atoms with E-state index >= 15 is 0 Å². The number of nitrogens with one attached hydrogen (secondary N) is 3. The van der Waals surface area contributed by atoms with Gasteiger partial charge in [0.15, 0.2) is 0 Å².